The molecule has 1 atom stereocenters. The largest absolute Gasteiger partial charge is 0.344 e. The van der Waals surface area contributed by atoms with Crippen molar-refractivity contribution in [3.05, 3.63) is 73.6 Å². The fourth-order valence-corrected chi connectivity index (χ4v) is 3.33. The summed E-state index contributed by atoms with van der Waals surface area (Å²) in [7, 11) is 3.06. The summed E-state index contributed by atoms with van der Waals surface area (Å²) >= 11 is 0. The molecule has 0 saturated heterocycles. The Morgan fingerprint density at radius 1 is 1.08 bits per heavy atom. The Labute approximate surface area is 139 Å². The summed E-state index contributed by atoms with van der Waals surface area (Å²) in [6.07, 6.45) is 0. The zero-order chi connectivity index (χ0) is 17.6. The molecule has 124 valence electrons. The minimum absolute atomic E-state index is 0.101. The second kappa shape index (κ2) is 5.63. The molecule has 1 aromatic carbocycles. The minimum Gasteiger partial charge on any atom is -0.344 e. The van der Waals surface area contributed by atoms with E-state index in [1.807, 2.05) is 30.3 Å². The van der Waals surface area contributed by atoms with Crippen molar-refractivity contribution in [2.24, 2.45) is 14.1 Å². The number of ketones is 1. The molecule has 2 heterocycles. The monoisotopic (exact) mass is 325 g/mol. The van der Waals surface area contributed by atoms with Gasteiger partial charge in [-0.15, -0.1) is 0 Å². The molecule has 2 aromatic rings. The number of aromatic nitrogens is 2. The van der Waals surface area contributed by atoms with E-state index in [-0.39, 0.29) is 11.3 Å². The Bertz CT molecular complexity index is 981. The summed E-state index contributed by atoms with van der Waals surface area (Å²) < 4.78 is 2.49. The van der Waals surface area contributed by atoms with Crippen LogP contribution < -0.4 is 16.6 Å². The molecular formula is C18H19N3O3. The maximum atomic E-state index is 12.8. The molecule has 0 amide bonds. The van der Waals surface area contributed by atoms with Gasteiger partial charge in [-0.3, -0.25) is 18.7 Å². The molecule has 6 nitrogen and oxygen atoms in total. The van der Waals surface area contributed by atoms with E-state index < -0.39 is 11.6 Å². The fourth-order valence-electron chi connectivity index (χ4n) is 3.33. The van der Waals surface area contributed by atoms with Crippen LogP contribution in [-0.4, -0.2) is 14.9 Å². The smallest absolute Gasteiger partial charge is 0.332 e. The number of anilines is 1. The standard InChI is InChI=1S/C18H19N3O3/c1-10-13(11(2)22)14(12-8-6-5-7-9-12)15-16(19-10)20(3)18(24)21(4)17(15)23/h5-9,14,19H,1-4H3. The van der Waals surface area contributed by atoms with Gasteiger partial charge < -0.3 is 5.32 Å². The minimum atomic E-state index is -0.495. The lowest BCUT2D eigenvalue weighted by Crippen LogP contribution is -2.43. The van der Waals surface area contributed by atoms with Crippen molar-refractivity contribution in [2.75, 3.05) is 5.32 Å². The zero-order valence-electron chi connectivity index (χ0n) is 14.1. The number of rotatable bonds is 2. The number of allylic oxidation sites excluding steroid dienone is 2. The van der Waals surface area contributed by atoms with Crippen molar-refractivity contribution >= 4 is 11.6 Å². The predicted molar refractivity (Wildman–Crippen MR) is 92.2 cm³/mol. The number of hydrogen-bond donors (Lipinski definition) is 1. The molecule has 0 spiro atoms. The van der Waals surface area contributed by atoms with Crippen LogP contribution in [0.15, 0.2) is 51.2 Å². The Kier molecular flexibility index (Phi) is 3.75. The number of nitrogens with zero attached hydrogens (tertiary/aromatic N) is 2. The number of carbonyl (C=O) groups is 1. The Morgan fingerprint density at radius 3 is 2.29 bits per heavy atom. The molecule has 0 bridgehead atoms. The summed E-state index contributed by atoms with van der Waals surface area (Å²) in [5.41, 5.74) is 1.68. The predicted octanol–water partition coefficient (Wildman–Crippen LogP) is 1.50. The van der Waals surface area contributed by atoms with Gasteiger partial charge in [0, 0.05) is 31.3 Å². The lowest BCUT2D eigenvalue weighted by molar-refractivity contribution is -0.113. The molecule has 0 radical (unpaired) electrons. The van der Waals surface area contributed by atoms with Gasteiger partial charge in [0.15, 0.2) is 5.78 Å². The third-order valence-electron chi connectivity index (χ3n) is 4.50. The first-order valence-corrected chi connectivity index (χ1v) is 7.68. The van der Waals surface area contributed by atoms with Crippen LogP contribution in [-0.2, 0) is 18.9 Å². The van der Waals surface area contributed by atoms with Crippen LogP contribution in [0.4, 0.5) is 5.82 Å². The molecule has 3 rings (SSSR count). The SMILES string of the molecule is CC(=O)C1=C(C)Nc2c(c(=O)n(C)c(=O)n2C)C1c1ccccc1. The number of hydrogen-bond acceptors (Lipinski definition) is 4. The highest BCUT2D eigenvalue weighted by atomic mass is 16.2. The van der Waals surface area contributed by atoms with E-state index >= 15 is 0 Å². The molecule has 1 unspecified atom stereocenters. The van der Waals surface area contributed by atoms with Gasteiger partial charge in [-0.25, -0.2) is 4.79 Å². The van der Waals surface area contributed by atoms with E-state index in [1.54, 1.807) is 14.0 Å². The molecular weight excluding hydrogens is 306 g/mol. The highest BCUT2D eigenvalue weighted by Crippen LogP contribution is 2.39. The molecule has 0 aliphatic carbocycles. The maximum absolute atomic E-state index is 12.8. The average Bonchev–Trinajstić information content (AvgIpc) is 2.57. The Morgan fingerprint density at radius 2 is 1.71 bits per heavy atom. The summed E-state index contributed by atoms with van der Waals surface area (Å²) in [4.78, 5) is 37.3. The highest BCUT2D eigenvalue weighted by Gasteiger charge is 2.34. The van der Waals surface area contributed by atoms with E-state index in [2.05, 4.69) is 5.32 Å². The normalized spacial score (nSPS) is 16.6. The van der Waals surface area contributed by atoms with Crippen molar-refractivity contribution in [2.45, 2.75) is 19.8 Å². The number of benzene rings is 1. The number of Topliss-reactive ketones (excluding diaryl/α,β-unsaturated/α-hetero) is 1. The van der Waals surface area contributed by atoms with Crippen LogP contribution in [0.25, 0.3) is 0 Å². The van der Waals surface area contributed by atoms with Crippen molar-refractivity contribution in [3.63, 3.8) is 0 Å². The molecule has 0 saturated carbocycles. The van der Waals surface area contributed by atoms with Crippen LogP contribution in [0.2, 0.25) is 0 Å². The van der Waals surface area contributed by atoms with E-state index in [9.17, 15) is 14.4 Å². The first-order chi connectivity index (χ1) is 11.3. The number of carbonyl (C=O) groups excluding carboxylic acids is 1. The summed E-state index contributed by atoms with van der Waals surface area (Å²) in [6, 6.07) is 9.41. The molecule has 1 N–H and O–H groups in total. The van der Waals surface area contributed by atoms with Crippen LogP contribution >= 0.6 is 0 Å². The van der Waals surface area contributed by atoms with Crippen molar-refractivity contribution < 1.29 is 4.79 Å². The second-order valence-corrected chi connectivity index (χ2v) is 6.03. The van der Waals surface area contributed by atoms with Gasteiger partial charge >= 0.3 is 5.69 Å². The van der Waals surface area contributed by atoms with Gasteiger partial charge in [-0.1, -0.05) is 30.3 Å². The first-order valence-electron chi connectivity index (χ1n) is 7.68. The third kappa shape index (κ3) is 2.22. The fraction of sp³-hybridized carbons (Fsp3) is 0.278. The highest BCUT2D eigenvalue weighted by molar-refractivity contribution is 5.98. The second-order valence-electron chi connectivity index (χ2n) is 6.03. The van der Waals surface area contributed by atoms with E-state index in [1.165, 1.54) is 18.5 Å². The van der Waals surface area contributed by atoms with Crippen LogP contribution in [0.1, 0.15) is 30.9 Å². The number of fused-ring (bicyclic) bond motifs is 1. The summed E-state index contributed by atoms with van der Waals surface area (Å²) in [5.74, 6) is -0.152. The maximum Gasteiger partial charge on any atom is 0.332 e. The number of nitrogens with one attached hydrogen (secondary N) is 1. The van der Waals surface area contributed by atoms with Gasteiger partial charge in [-0.05, 0) is 19.4 Å². The Hall–Kier alpha value is -2.89. The van der Waals surface area contributed by atoms with Gasteiger partial charge in [0.05, 0.1) is 5.56 Å². The Balaban J connectivity index is 2.44. The molecule has 1 aliphatic rings. The molecule has 1 aromatic heterocycles. The third-order valence-corrected chi connectivity index (χ3v) is 4.50. The topological polar surface area (TPSA) is 73.1 Å². The molecule has 0 fully saturated rings. The molecule has 1 aliphatic heterocycles. The van der Waals surface area contributed by atoms with Crippen molar-refractivity contribution in [3.8, 4) is 0 Å². The summed E-state index contributed by atoms with van der Waals surface area (Å²) in [6.45, 7) is 3.28. The first kappa shape index (κ1) is 16.0. The molecule has 24 heavy (non-hydrogen) atoms. The van der Waals surface area contributed by atoms with Gasteiger partial charge in [-0.2, -0.15) is 0 Å². The van der Waals surface area contributed by atoms with Crippen LogP contribution in [0.3, 0.4) is 0 Å². The van der Waals surface area contributed by atoms with Crippen molar-refractivity contribution in [1.29, 1.82) is 0 Å². The summed E-state index contributed by atoms with van der Waals surface area (Å²) in [5, 5.41) is 3.08. The van der Waals surface area contributed by atoms with Crippen LogP contribution in [0, 0.1) is 0 Å². The van der Waals surface area contributed by atoms with Crippen molar-refractivity contribution in [1.82, 2.24) is 9.13 Å². The zero-order valence-corrected chi connectivity index (χ0v) is 14.1. The molecule has 6 heteroatoms. The lowest BCUT2D eigenvalue weighted by atomic mass is 9.81. The van der Waals surface area contributed by atoms with E-state index in [0.717, 1.165) is 10.1 Å². The van der Waals surface area contributed by atoms with Gasteiger partial charge in [0.2, 0.25) is 0 Å². The lowest BCUT2D eigenvalue weighted by Gasteiger charge is -2.30. The van der Waals surface area contributed by atoms with E-state index in [0.29, 0.717) is 22.7 Å². The van der Waals surface area contributed by atoms with Gasteiger partial charge in [0.25, 0.3) is 5.56 Å². The van der Waals surface area contributed by atoms with Gasteiger partial charge in [0.1, 0.15) is 5.82 Å². The van der Waals surface area contributed by atoms with E-state index in [4.69, 9.17) is 0 Å². The quantitative estimate of drug-likeness (QED) is 0.908. The van der Waals surface area contributed by atoms with Crippen LogP contribution in [0.5, 0.6) is 0 Å². The average molecular weight is 325 g/mol.